The maximum Gasteiger partial charge on any atom is 0.0678 e. The molecule has 1 saturated heterocycles. The Kier molecular flexibility index (Phi) is 6.88. The molecule has 1 aliphatic heterocycles. The zero-order valence-electron chi connectivity index (χ0n) is 16.6. The van der Waals surface area contributed by atoms with E-state index in [1.54, 1.807) is 0 Å². The molecule has 1 aliphatic rings. The molecular formula is C22H37NO. The molecule has 0 spiro atoms. The molecule has 24 heavy (non-hydrogen) atoms. The summed E-state index contributed by atoms with van der Waals surface area (Å²) in [5, 5.41) is 0. The third-order valence-corrected chi connectivity index (χ3v) is 5.86. The molecule has 0 aromatic heterocycles. The lowest BCUT2D eigenvalue weighted by atomic mass is 9.77. The van der Waals surface area contributed by atoms with Crippen molar-refractivity contribution in [3.63, 3.8) is 0 Å². The first kappa shape index (κ1) is 19.5. The molecule has 2 rings (SSSR count). The first-order valence-corrected chi connectivity index (χ1v) is 9.83. The van der Waals surface area contributed by atoms with Crippen molar-refractivity contribution in [2.45, 2.75) is 78.4 Å². The van der Waals surface area contributed by atoms with E-state index in [0.717, 1.165) is 19.5 Å². The van der Waals surface area contributed by atoms with E-state index in [-0.39, 0.29) is 0 Å². The molecule has 136 valence electrons. The van der Waals surface area contributed by atoms with E-state index >= 15 is 0 Å². The normalized spacial score (nSPS) is 24.1. The Bertz CT molecular complexity index is 481. The monoisotopic (exact) mass is 331 g/mol. The second-order valence-corrected chi connectivity index (χ2v) is 8.25. The van der Waals surface area contributed by atoms with Crippen LogP contribution in [0, 0.1) is 5.92 Å². The van der Waals surface area contributed by atoms with E-state index < -0.39 is 0 Å². The molecule has 0 saturated carbocycles. The van der Waals surface area contributed by atoms with Gasteiger partial charge in [-0.15, -0.1) is 0 Å². The summed E-state index contributed by atoms with van der Waals surface area (Å²) in [7, 11) is 0. The van der Waals surface area contributed by atoms with Crippen molar-refractivity contribution >= 4 is 0 Å². The van der Waals surface area contributed by atoms with Crippen LogP contribution in [0.5, 0.6) is 0 Å². The van der Waals surface area contributed by atoms with Gasteiger partial charge in [0.15, 0.2) is 0 Å². The van der Waals surface area contributed by atoms with Crippen molar-refractivity contribution in [2.75, 3.05) is 19.6 Å². The van der Waals surface area contributed by atoms with Gasteiger partial charge in [0.1, 0.15) is 0 Å². The Balaban J connectivity index is 1.91. The Morgan fingerprint density at radius 2 is 1.62 bits per heavy atom. The lowest BCUT2D eigenvalue weighted by molar-refractivity contribution is -0.0708. The van der Waals surface area contributed by atoms with Crippen molar-refractivity contribution in [3.05, 3.63) is 35.4 Å². The van der Waals surface area contributed by atoms with E-state index in [4.69, 9.17) is 4.74 Å². The zero-order valence-corrected chi connectivity index (χ0v) is 16.6. The SMILES string of the molecule is CCC(C)(CC)c1ccc(CC(C)CN2C[C@@H](C)O[C@@H](C)C2)cc1. The summed E-state index contributed by atoms with van der Waals surface area (Å²) in [5.74, 6) is 0.678. The minimum atomic E-state index is 0.324. The van der Waals surface area contributed by atoms with Crippen LogP contribution in [0.4, 0.5) is 0 Å². The minimum absolute atomic E-state index is 0.324. The molecule has 3 atom stereocenters. The maximum atomic E-state index is 5.84. The lowest BCUT2D eigenvalue weighted by Gasteiger charge is -2.36. The van der Waals surface area contributed by atoms with Crippen LogP contribution in [0.25, 0.3) is 0 Å². The fourth-order valence-corrected chi connectivity index (χ4v) is 4.04. The number of hydrogen-bond acceptors (Lipinski definition) is 2. The quantitative estimate of drug-likeness (QED) is 0.693. The molecule has 1 aromatic carbocycles. The second-order valence-electron chi connectivity index (χ2n) is 8.25. The van der Waals surface area contributed by atoms with E-state index in [1.807, 2.05) is 0 Å². The highest BCUT2D eigenvalue weighted by molar-refractivity contribution is 5.28. The van der Waals surface area contributed by atoms with Crippen LogP contribution in [0.15, 0.2) is 24.3 Å². The molecule has 1 heterocycles. The van der Waals surface area contributed by atoms with Crippen molar-refractivity contribution in [3.8, 4) is 0 Å². The largest absolute Gasteiger partial charge is 0.373 e. The summed E-state index contributed by atoms with van der Waals surface area (Å²) < 4.78 is 5.84. The van der Waals surface area contributed by atoms with Gasteiger partial charge in [-0.05, 0) is 55.6 Å². The van der Waals surface area contributed by atoms with Gasteiger partial charge in [-0.1, -0.05) is 52.0 Å². The van der Waals surface area contributed by atoms with Crippen LogP contribution in [-0.4, -0.2) is 36.7 Å². The predicted octanol–water partition coefficient (Wildman–Crippen LogP) is 5.05. The van der Waals surface area contributed by atoms with Crippen LogP contribution in [-0.2, 0) is 16.6 Å². The summed E-state index contributed by atoms with van der Waals surface area (Å²) in [6.07, 6.45) is 4.29. The van der Waals surface area contributed by atoms with Crippen LogP contribution < -0.4 is 0 Å². The molecule has 2 nitrogen and oxygen atoms in total. The van der Waals surface area contributed by atoms with E-state index in [0.29, 0.717) is 23.5 Å². The summed E-state index contributed by atoms with van der Waals surface area (Å²) >= 11 is 0. The number of rotatable bonds is 7. The third-order valence-electron chi connectivity index (χ3n) is 5.86. The molecule has 0 amide bonds. The summed E-state index contributed by atoms with van der Waals surface area (Å²) in [6.45, 7) is 17.0. The van der Waals surface area contributed by atoms with Gasteiger partial charge in [0.2, 0.25) is 0 Å². The summed E-state index contributed by atoms with van der Waals surface area (Å²) in [4.78, 5) is 2.57. The predicted molar refractivity (Wildman–Crippen MR) is 104 cm³/mol. The van der Waals surface area contributed by atoms with Crippen molar-refractivity contribution in [1.29, 1.82) is 0 Å². The van der Waals surface area contributed by atoms with Gasteiger partial charge in [0.25, 0.3) is 0 Å². The summed E-state index contributed by atoms with van der Waals surface area (Å²) in [6, 6.07) is 9.40. The van der Waals surface area contributed by atoms with Gasteiger partial charge < -0.3 is 4.74 Å². The van der Waals surface area contributed by atoms with E-state index in [9.17, 15) is 0 Å². The number of ether oxygens (including phenoxy) is 1. The Labute approximate surface area is 149 Å². The molecule has 0 N–H and O–H groups in total. The van der Waals surface area contributed by atoms with Crippen LogP contribution >= 0.6 is 0 Å². The fourth-order valence-electron chi connectivity index (χ4n) is 4.04. The van der Waals surface area contributed by atoms with Gasteiger partial charge in [0, 0.05) is 19.6 Å². The van der Waals surface area contributed by atoms with E-state index in [1.165, 1.54) is 30.5 Å². The van der Waals surface area contributed by atoms with Gasteiger partial charge in [-0.25, -0.2) is 0 Å². The molecule has 0 aliphatic carbocycles. The van der Waals surface area contributed by atoms with Crippen molar-refractivity contribution in [1.82, 2.24) is 4.90 Å². The minimum Gasteiger partial charge on any atom is -0.373 e. The molecule has 0 bridgehead atoms. The highest BCUT2D eigenvalue weighted by Gasteiger charge is 2.24. The van der Waals surface area contributed by atoms with Gasteiger partial charge in [-0.2, -0.15) is 0 Å². The van der Waals surface area contributed by atoms with Crippen molar-refractivity contribution < 1.29 is 4.74 Å². The Hall–Kier alpha value is -0.860. The van der Waals surface area contributed by atoms with Gasteiger partial charge in [0.05, 0.1) is 12.2 Å². The average Bonchev–Trinajstić information content (AvgIpc) is 2.53. The second kappa shape index (κ2) is 8.49. The van der Waals surface area contributed by atoms with Crippen LogP contribution in [0.3, 0.4) is 0 Å². The topological polar surface area (TPSA) is 12.5 Å². The van der Waals surface area contributed by atoms with Crippen LogP contribution in [0.1, 0.15) is 65.5 Å². The van der Waals surface area contributed by atoms with Crippen LogP contribution in [0.2, 0.25) is 0 Å². The molecule has 0 radical (unpaired) electrons. The standard InChI is InChI=1S/C22H37NO/c1-7-22(6,8-2)21-11-9-20(10-12-21)13-17(3)14-23-15-18(4)24-19(5)16-23/h9-12,17-19H,7-8,13-16H2,1-6H3/t17?,18-,19+. The molecule has 2 heteroatoms. The first-order valence-electron chi connectivity index (χ1n) is 9.83. The van der Waals surface area contributed by atoms with E-state index in [2.05, 4.69) is 70.7 Å². The van der Waals surface area contributed by atoms with Crippen molar-refractivity contribution in [2.24, 2.45) is 5.92 Å². The Morgan fingerprint density at radius 1 is 1.08 bits per heavy atom. The van der Waals surface area contributed by atoms with Gasteiger partial charge >= 0.3 is 0 Å². The number of benzene rings is 1. The zero-order chi connectivity index (χ0) is 17.7. The first-order chi connectivity index (χ1) is 11.4. The maximum absolute atomic E-state index is 5.84. The number of morpholine rings is 1. The average molecular weight is 332 g/mol. The molecular weight excluding hydrogens is 294 g/mol. The summed E-state index contributed by atoms with van der Waals surface area (Å²) in [5.41, 5.74) is 3.28. The number of nitrogens with zero attached hydrogens (tertiary/aromatic N) is 1. The highest BCUT2D eigenvalue weighted by atomic mass is 16.5. The molecule has 1 fully saturated rings. The molecule has 1 aromatic rings. The smallest absolute Gasteiger partial charge is 0.0678 e. The Morgan fingerprint density at radius 3 is 2.12 bits per heavy atom. The molecule has 1 unspecified atom stereocenters. The lowest BCUT2D eigenvalue weighted by Crippen LogP contribution is -2.47. The van der Waals surface area contributed by atoms with Gasteiger partial charge in [-0.3, -0.25) is 4.90 Å². The fraction of sp³-hybridized carbons (Fsp3) is 0.727. The third kappa shape index (κ3) is 5.07. The highest BCUT2D eigenvalue weighted by Crippen LogP contribution is 2.31. The number of hydrogen-bond donors (Lipinski definition) is 0.